The van der Waals surface area contributed by atoms with E-state index in [1.165, 1.54) is 6.26 Å². The predicted molar refractivity (Wildman–Crippen MR) is 77.4 cm³/mol. The van der Waals surface area contributed by atoms with E-state index in [1.54, 1.807) is 14.0 Å². The molecule has 1 amide bonds. The lowest BCUT2D eigenvalue weighted by molar-refractivity contribution is -0.136. The van der Waals surface area contributed by atoms with Crippen molar-refractivity contribution in [2.75, 3.05) is 13.7 Å². The number of aryl methyl sites for hydroxylation is 1. The van der Waals surface area contributed by atoms with Gasteiger partial charge in [0.05, 0.1) is 24.5 Å². The van der Waals surface area contributed by atoms with Crippen molar-refractivity contribution in [1.29, 1.82) is 0 Å². The second-order valence-corrected chi connectivity index (χ2v) is 5.06. The molecule has 1 atom stereocenters. The molecule has 6 heteroatoms. The van der Waals surface area contributed by atoms with Crippen LogP contribution in [-0.2, 0) is 16.0 Å². The highest BCUT2D eigenvalue weighted by molar-refractivity contribution is 5.97. The van der Waals surface area contributed by atoms with Gasteiger partial charge in [0.1, 0.15) is 12.2 Å². The number of carbonyl (C=O) groups is 2. The van der Waals surface area contributed by atoms with Crippen molar-refractivity contribution < 1.29 is 23.8 Å². The fourth-order valence-corrected chi connectivity index (χ4v) is 2.18. The molecule has 1 rings (SSSR count). The zero-order chi connectivity index (χ0) is 15.8. The number of furan rings is 1. The fourth-order valence-electron chi connectivity index (χ4n) is 2.18. The Hall–Kier alpha value is -1.82. The van der Waals surface area contributed by atoms with E-state index in [4.69, 9.17) is 14.3 Å². The highest BCUT2D eigenvalue weighted by Gasteiger charge is 2.22. The highest BCUT2D eigenvalue weighted by atomic mass is 16.5. The molecule has 0 aliphatic heterocycles. The Balaban J connectivity index is 2.81. The summed E-state index contributed by atoms with van der Waals surface area (Å²) in [5.41, 5.74) is 0.949. The fraction of sp³-hybridized carbons (Fsp3) is 0.600. The van der Waals surface area contributed by atoms with Gasteiger partial charge in [0, 0.05) is 12.7 Å². The lowest BCUT2D eigenvalue weighted by Gasteiger charge is -2.17. The van der Waals surface area contributed by atoms with Gasteiger partial charge in [-0.15, -0.1) is 0 Å². The van der Waals surface area contributed by atoms with Gasteiger partial charge in [-0.05, 0) is 13.3 Å². The van der Waals surface area contributed by atoms with Gasteiger partial charge in [-0.1, -0.05) is 19.8 Å². The summed E-state index contributed by atoms with van der Waals surface area (Å²) in [5, 5.41) is 11.7. The van der Waals surface area contributed by atoms with Crippen LogP contribution >= 0.6 is 0 Å². The molecule has 0 aromatic carbocycles. The molecule has 0 saturated carbocycles. The summed E-state index contributed by atoms with van der Waals surface area (Å²) in [7, 11) is 1.59. The van der Waals surface area contributed by atoms with Crippen LogP contribution in [0, 0.1) is 6.92 Å². The molecule has 1 aromatic heterocycles. The molecule has 1 aromatic rings. The number of nitrogens with one attached hydrogen (secondary N) is 1. The van der Waals surface area contributed by atoms with E-state index >= 15 is 0 Å². The Morgan fingerprint density at radius 1 is 1.48 bits per heavy atom. The smallest absolute Gasteiger partial charge is 0.311 e. The largest absolute Gasteiger partial charge is 0.481 e. The number of carboxylic acid groups (broad SMARTS) is 1. The standard InChI is InChI=1S/C15H23NO5/c1-4-5-6-11(9-20-3)16-15(19)14-10(2)8-21-12(14)7-13(17)18/h8,11H,4-7,9H2,1-3H3,(H,16,19)(H,17,18). The topological polar surface area (TPSA) is 88.8 Å². The van der Waals surface area contributed by atoms with E-state index < -0.39 is 5.97 Å². The molecule has 0 saturated heterocycles. The molecular formula is C15H23NO5. The Kier molecular flexibility index (Phi) is 6.94. The molecule has 0 radical (unpaired) electrons. The minimum absolute atomic E-state index is 0.0885. The Morgan fingerprint density at radius 3 is 2.76 bits per heavy atom. The van der Waals surface area contributed by atoms with Crippen LogP contribution in [0.4, 0.5) is 0 Å². The SMILES string of the molecule is CCCCC(COC)NC(=O)c1c(C)coc1CC(=O)O. The van der Waals surface area contributed by atoms with Gasteiger partial charge in [0.2, 0.25) is 0 Å². The molecule has 1 heterocycles. The first-order valence-electron chi connectivity index (χ1n) is 7.08. The third kappa shape index (κ3) is 5.23. The van der Waals surface area contributed by atoms with E-state index in [0.717, 1.165) is 19.3 Å². The summed E-state index contributed by atoms with van der Waals surface area (Å²) in [6, 6.07) is -0.0885. The van der Waals surface area contributed by atoms with Crippen LogP contribution in [0.15, 0.2) is 10.7 Å². The molecule has 1 unspecified atom stereocenters. The number of carboxylic acids is 1. The first kappa shape index (κ1) is 17.2. The zero-order valence-electron chi connectivity index (χ0n) is 12.8. The number of methoxy groups -OCH3 is 1. The van der Waals surface area contributed by atoms with Crippen molar-refractivity contribution in [2.24, 2.45) is 0 Å². The van der Waals surface area contributed by atoms with Crippen LogP contribution in [0.1, 0.15) is 47.9 Å². The normalized spacial score (nSPS) is 12.1. The Morgan fingerprint density at radius 2 is 2.19 bits per heavy atom. The number of hydrogen-bond acceptors (Lipinski definition) is 4. The summed E-state index contributed by atoms with van der Waals surface area (Å²) in [6.45, 7) is 4.23. The van der Waals surface area contributed by atoms with Crippen LogP contribution in [0.25, 0.3) is 0 Å². The number of unbranched alkanes of at least 4 members (excludes halogenated alkanes) is 1. The molecule has 0 spiro atoms. The molecule has 0 fully saturated rings. The van der Waals surface area contributed by atoms with E-state index in [0.29, 0.717) is 17.7 Å². The van der Waals surface area contributed by atoms with Gasteiger partial charge >= 0.3 is 5.97 Å². The van der Waals surface area contributed by atoms with Gasteiger partial charge in [-0.2, -0.15) is 0 Å². The third-order valence-electron chi connectivity index (χ3n) is 3.20. The molecule has 118 valence electrons. The maximum atomic E-state index is 12.4. The number of carbonyl (C=O) groups excluding carboxylic acids is 1. The number of aliphatic carboxylic acids is 1. The van der Waals surface area contributed by atoms with E-state index in [-0.39, 0.29) is 24.1 Å². The summed E-state index contributed by atoms with van der Waals surface area (Å²) in [5.74, 6) is -1.15. The van der Waals surface area contributed by atoms with E-state index in [1.807, 2.05) is 0 Å². The van der Waals surface area contributed by atoms with E-state index in [2.05, 4.69) is 12.2 Å². The molecule has 0 aliphatic rings. The zero-order valence-corrected chi connectivity index (χ0v) is 12.8. The average molecular weight is 297 g/mol. The minimum Gasteiger partial charge on any atom is -0.481 e. The third-order valence-corrected chi connectivity index (χ3v) is 3.20. The molecule has 21 heavy (non-hydrogen) atoms. The van der Waals surface area contributed by atoms with Crippen LogP contribution in [-0.4, -0.2) is 36.7 Å². The monoisotopic (exact) mass is 297 g/mol. The predicted octanol–water partition coefficient (Wildman–Crippen LogP) is 2.15. The highest BCUT2D eigenvalue weighted by Crippen LogP contribution is 2.18. The van der Waals surface area contributed by atoms with E-state index in [9.17, 15) is 9.59 Å². The summed E-state index contributed by atoms with van der Waals surface area (Å²) < 4.78 is 10.3. The number of rotatable bonds is 9. The van der Waals surface area contributed by atoms with Crippen molar-refractivity contribution in [2.45, 2.75) is 45.6 Å². The average Bonchev–Trinajstić information content (AvgIpc) is 2.76. The molecule has 2 N–H and O–H groups in total. The molecule has 0 bridgehead atoms. The maximum absolute atomic E-state index is 12.4. The Labute approximate surface area is 124 Å². The lowest BCUT2D eigenvalue weighted by atomic mass is 10.1. The van der Waals surface area contributed by atoms with Crippen LogP contribution < -0.4 is 5.32 Å². The quantitative estimate of drug-likeness (QED) is 0.729. The summed E-state index contributed by atoms with van der Waals surface area (Å²) in [6.07, 6.45) is 3.94. The van der Waals surface area contributed by atoms with Crippen molar-refractivity contribution in [3.63, 3.8) is 0 Å². The molecule has 6 nitrogen and oxygen atoms in total. The number of hydrogen-bond donors (Lipinski definition) is 2. The molecular weight excluding hydrogens is 274 g/mol. The van der Waals surface area contributed by atoms with Gasteiger partial charge in [-0.3, -0.25) is 9.59 Å². The van der Waals surface area contributed by atoms with Crippen molar-refractivity contribution in [3.05, 3.63) is 23.2 Å². The first-order valence-corrected chi connectivity index (χ1v) is 7.08. The Bertz CT molecular complexity index is 480. The van der Waals surface area contributed by atoms with Gasteiger partial charge < -0.3 is 19.6 Å². The van der Waals surface area contributed by atoms with Crippen molar-refractivity contribution in [3.8, 4) is 0 Å². The van der Waals surface area contributed by atoms with Gasteiger partial charge in [0.15, 0.2) is 0 Å². The second-order valence-electron chi connectivity index (χ2n) is 5.06. The first-order chi connectivity index (χ1) is 9.99. The van der Waals surface area contributed by atoms with Crippen LogP contribution in [0.2, 0.25) is 0 Å². The van der Waals surface area contributed by atoms with Gasteiger partial charge in [0.25, 0.3) is 5.91 Å². The second kappa shape index (κ2) is 8.46. The molecule has 0 aliphatic carbocycles. The maximum Gasteiger partial charge on any atom is 0.311 e. The lowest BCUT2D eigenvalue weighted by Crippen LogP contribution is -2.38. The number of amides is 1. The van der Waals surface area contributed by atoms with Crippen molar-refractivity contribution in [1.82, 2.24) is 5.32 Å². The summed E-state index contributed by atoms with van der Waals surface area (Å²) >= 11 is 0. The van der Waals surface area contributed by atoms with Crippen molar-refractivity contribution >= 4 is 11.9 Å². The summed E-state index contributed by atoms with van der Waals surface area (Å²) in [4.78, 5) is 23.2. The minimum atomic E-state index is -1.03. The van der Waals surface area contributed by atoms with Gasteiger partial charge in [-0.25, -0.2) is 0 Å². The van der Waals surface area contributed by atoms with Crippen LogP contribution in [0.3, 0.4) is 0 Å². The van der Waals surface area contributed by atoms with Crippen LogP contribution in [0.5, 0.6) is 0 Å². The number of ether oxygens (including phenoxy) is 1.